The molecule has 0 amide bonds. The second-order valence-electron chi connectivity index (χ2n) is 13.3. The molecule has 0 saturated carbocycles. The predicted octanol–water partition coefficient (Wildman–Crippen LogP) is 10.7. The Labute approximate surface area is 301 Å². The summed E-state index contributed by atoms with van der Waals surface area (Å²) >= 11 is -5.59. The summed E-state index contributed by atoms with van der Waals surface area (Å²) in [5, 5.41) is 4.62. The van der Waals surface area contributed by atoms with Gasteiger partial charge in [0, 0.05) is 0 Å². The molecule has 0 heterocycles. The fourth-order valence-corrected chi connectivity index (χ4v) is 12.2. The molecule has 1 atom stereocenters. The van der Waals surface area contributed by atoms with Gasteiger partial charge < -0.3 is 0 Å². The molecule has 7 heteroatoms. The van der Waals surface area contributed by atoms with Crippen molar-refractivity contribution in [1.29, 1.82) is 0 Å². The molecule has 6 aromatic rings. The van der Waals surface area contributed by atoms with Gasteiger partial charge in [0.15, 0.2) is 0 Å². The van der Waals surface area contributed by atoms with E-state index >= 15 is 0 Å². The summed E-state index contributed by atoms with van der Waals surface area (Å²) in [5.74, 6) is -2.10. The van der Waals surface area contributed by atoms with Gasteiger partial charge in [0.05, 0.1) is 0 Å². The molecule has 0 saturated heterocycles. The van der Waals surface area contributed by atoms with Gasteiger partial charge in [-0.1, -0.05) is 0 Å². The summed E-state index contributed by atoms with van der Waals surface area (Å²) in [6.45, 7) is 4.11. The van der Waals surface area contributed by atoms with Gasteiger partial charge in [-0.3, -0.25) is 0 Å². The van der Waals surface area contributed by atoms with Gasteiger partial charge in [-0.05, 0) is 0 Å². The Bertz CT molecular complexity index is 2220. The van der Waals surface area contributed by atoms with Crippen LogP contribution in [0.25, 0.3) is 32.3 Å². The molecule has 51 heavy (non-hydrogen) atoms. The van der Waals surface area contributed by atoms with E-state index in [4.69, 9.17) is 9.96 Å². The first-order valence-corrected chi connectivity index (χ1v) is 20.1. The van der Waals surface area contributed by atoms with E-state index in [0.717, 1.165) is 46.6 Å². The molecule has 0 fully saturated rings. The quantitative estimate of drug-likeness (QED) is 0.154. The van der Waals surface area contributed by atoms with Gasteiger partial charge in [0.1, 0.15) is 0 Å². The normalized spacial score (nSPS) is 16.0. The van der Waals surface area contributed by atoms with Crippen LogP contribution in [0.1, 0.15) is 70.6 Å². The summed E-state index contributed by atoms with van der Waals surface area (Å²) in [4.78, 5) is 43.9. The van der Waals surface area contributed by atoms with Crippen molar-refractivity contribution < 1.29 is 42.1 Å². The van der Waals surface area contributed by atoms with Crippen LogP contribution in [0.15, 0.2) is 148 Å². The maximum atomic E-state index is 14.6. The zero-order valence-electron chi connectivity index (χ0n) is 28.5. The molecule has 0 N–H and O–H groups in total. The van der Waals surface area contributed by atoms with Gasteiger partial charge in [-0.15, -0.1) is 0 Å². The van der Waals surface area contributed by atoms with Crippen LogP contribution in [0.2, 0.25) is 0 Å². The molecule has 0 bridgehead atoms. The van der Waals surface area contributed by atoms with Crippen LogP contribution in [-0.2, 0) is 27.7 Å². The van der Waals surface area contributed by atoms with E-state index in [1.54, 1.807) is 36.4 Å². The number of rotatable bonds is 7. The summed E-state index contributed by atoms with van der Waals surface area (Å²) in [6, 6.07) is 38.9. The summed E-state index contributed by atoms with van der Waals surface area (Å²) in [7, 11) is 0. The van der Waals surface area contributed by atoms with Gasteiger partial charge >= 0.3 is 302 Å². The zero-order chi connectivity index (χ0) is 35.1. The molecule has 0 spiro atoms. The number of fused-ring (bicyclic) bond motifs is 3. The van der Waals surface area contributed by atoms with Crippen molar-refractivity contribution in [1.82, 2.24) is 0 Å². The Morgan fingerprint density at radius 2 is 0.902 bits per heavy atom. The minimum absolute atomic E-state index is 0.0177. The van der Waals surface area contributed by atoms with E-state index < -0.39 is 35.7 Å². The summed E-state index contributed by atoms with van der Waals surface area (Å²) in [6.07, 6.45) is 3.54. The Kier molecular flexibility index (Phi) is 8.67. The summed E-state index contributed by atoms with van der Waals surface area (Å²) in [5.41, 5.74) is 4.03. The maximum absolute atomic E-state index is 14.6. The van der Waals surface area contributed by atoms with Crippen molar-refractivity contribution >= 4 is 50.2 Å². The number of carbonyl (C=O) groups excluding carboxylic acids is 3. The molecule has 1 unspecified atom stereocenters. The topological polar surface area (TPSA) is 78.9 Å². The third-order valence-electron chi connectivity index (χ3n) is 10.4. The number of allylic oxidation sites excluding steroid dienone is 4. The second kappa shape index (κ2) is 13.4. The zero-order valence-corrected chi connectivity index (χ0v) is 30.0. The Morgan fingerprint density at radius 1 is 0.529 bits per heavy atom. The molecule has 252 valence electrons. The molecule has 0 aromatic heterocycles. The standard InChI is InChI=1S/3C11H8O2.C11H15.Ti/c3*12-11(13)10-7-3-5-8-4-1-2-6-9(8)10;1-8-7-10-5-3-4-6-11(10)9(8)2;/h3*1-7H,(H,12,13);9H,3-6H2,1-2H3;/q;;;;+3/p-3. The molecular weight excluding hydrogens is 672 g/mol. The van der Waals surface area contributed by atoms with E-state index in [1.807, 2.05) is 97.9 Å². The Hall–Kier alpha value is -5.30. The van der Waals surface area contributed by atoms with Crippen LogP contribution in [0.3, 0.4) is 0 Å². The number of hydrogen-bond acceptors (Lipinski definition) is 6. The molecule has 0 radical (unpaired) electrons. The van der Waals surface area contributed by atoms with E-state index in [-0.39, 0.29) is 5.92 Å². The van der Waals surface area contributed by atoms with Crippen LogP contribution in [0.5, 0.6) is 0 Å². The van der Waals surface area contributed by atoms with Crippen molar-refractivity contribution in [2.24, 2.45) is 5.92 Å². The first-order chi connectivity index (χ1) is 24.8. The van der Waals surface area contributed by atoms with Crippen molar-refractivity contribution in [3.05, 3.63) is 165 Å². The molecule has 6 nitrogen and oxygen atoms in total. The van der Waals surface area contributed by atoms with Gasteiger partial charge in [-0.2, -0.15) is 0 Å². The van der Waals surface area contributed by atoms with Crippen molar-refractivity contribution in [3.8, 4) is 0 Å². The van der Waals surface area contributed by atoms with E-state index in [2.05, 4.69) is 6.92 Å². The fraction of sp³-hybridized carbons (Fsp3) is 0.159. The van der Waals surface area contributed by atoms with E-state index in [0.29, 0.717) is 43.1 Å². The first-order valence-electron chi connectivity index (χ1n) is 17.4. The number of hydrogen-bond donors (Lipinski definition) is 0. The molecule has 2 aliphatic carbocycles. The minimum atomic E-state index is -5.59. The molecule has 6 aromatic carbocycles. The molecular formula is C44H36O6Ti. The van der Waals surface area contributed by atoms with Crippen molar-refractivity contribution in [2.45, 2.75) is 39.5 Å². The third-order valence-corrected chi connectivity index (χ3v) is 14.6. The first kappa shape index (κ1) is 32.9. The van der Waals surface area contributed by atoms with Gasteiger partial charge in [-0.25, -0.2) is 0 Å². The van der Waals surface area contributed by atoms with E-state index in [1.165, 1.54) is 5.57 Å². The Morgan fingerprint density at radius 3 is 1.33 bits per heavy atom. The van der Waals surface area contributed by atoms with E-state index in [9.17, 15) is 14.4 Å². The fourth-order valence-electron chi connectivity index (χ4n) is 7.79. The van der Waals surface area contributed by atoms with Crippen LogP contribution >= 0.6 is 0 Å². The number of carbonyl (C=O) groups is 3. The molecule has 0 aliphatic heterocycles. The number of benzene rings is 6. The van der Waals surface area contributed by atoms with Crippen LogP contribution < -0.4 is 0 Å². The van der Waals surface area contributed by atoms with Gasteiger partial charge in [0.25, 0.3) is 0 Å². The van der Waals surface area contributed by atoms with Crippen molar-refractivity contribution in [2.75, 3.05) is 0 Å². The van der Waals surface area contributed by atoms with Crippen LogP contribution in [-0.4, -0.2) is 17.9 Å². The monoisotopic (exact) mass is 708 g/mol. The van der Waals surface area contributed by atoms with Gasteiger partial charge in [0.2, 0.25) is 0 Å². The van der Waals surface area contributed by atoms with Crippen LogP contribution in [0, 0.1) is 5.92 Å². The molecule has 8 rings (SSSR count). The second-order valence-corrected chi connectivity index (χ2v) is 16.8. The third kappa shape index (κ3) is 5.88. The Balaban J connectivity index is 1.34. The molecule has 2 aliphatic rings. The van der Waals surface area contributed by atoms with Crippen LogP contribution in [0.4, 0.5) is 0 Å². The average molecular weight is 709 g/mol. The van der Waals surface area contributed by atoms with Crippen molar-refractivity contribution in [3.63, 3.8) is 0 Å². The summed E-state index contributed by atoms with van der Waals surface area (Å²) < 4.78 is 20.6. The SMILES string of the molecule is CC1=[C]([Ti]([O]C(=O)c2cccc3ccccc23)([O]C(=O)c2cccc3ccccc23)[O]C(=O)c2cccc3ccccc23)C2=C(CCCC2)C1C. The predicted molar refractivity (Wildman–Crippen MR) is 195 cm³/mol. The average Bonchev–Trinajstić information content (AvgIpc) is 3.43.